The molecule has 1 heterocycles. The van der Waals surface area contributed by atoms with Crippen LogP contribution in [0.25, 0.3) is 10.9 Å². The number of carboxylic acids is 1. The zero-order chi connectivity index (χ0) is 14.5. The first-order chi connectivity index (χ1) is 9.63. The van der Waals surface area contributed by atoms with E-state index in [1.165, 1.54) is 6.20 Å². The van der Waals surface area contributed by atoms with Crippen LogP contribution in [0.5, 0.6) is 0 Å². The van der Waals surface area contributed by atoms with Gasteiger partial charge >= 0.3 is 5.97 Å². The Labute approximate surface area is 117 Å². The van der Waals surface area contributed by atoms with E-state index in [4.69, 9.17) is 0 Å². The Balaban J connectivity index is 2.22. The number of amides is 1. The molecule has 0 radical (unpaired) electrons. The molecule has 1 aromatic carbocycles. The van der Waals surface area contributed by atoms with E-state index in [-0.39, 0.29) is 18.0 Å². The molecule has 0 bridgehead atoms. The van der Waals surface area contributed by atoms with Gasteiger partial charge in [0.25, 0.3) is 0 Å². The summed E-state index contributed by atoms with van der Waals surface area (Å²) in [6.07, 6.45) is 3.49. The molecule has 0 saturated heterocycles. The van der Waals surface area contributed by atoms with Crippen LogP contribution < -0.4 is 5.32 Å². The van der Waals surface area contributed by atoms with Gasteiger partial charge in [-0.25, -0.2) is 4.79 Å². The third kappa shape index (κ3) is 2.99. The van der Waals surface area contributed by atoms with Gasteiger partial charge in [-0.05, 0) is 12.5 Å². The standard InChI is InChI=1S/C15H18N2O3/c1-2-3-8-16-14(18)10-17-9-12(15(19)20)11-6-4-5-7-13(11)17/h4-7,9H,2-3,8,10H2,1H3,(H,16,18)(H,19,20). The van der Waals surface area contributed by atoms with Gasteiger partial charge in [-0.15, -0.1) is 0 Å². The van der Waals surface area contributed by atoms with Gasteiger partial charge in [0.1, 0.15) is 6.54 Å². The predicted octanol–water partition coefficient (Wildman–Crippen LogP) is 2.26. The van der Waals surface area contributed by atoms with Crippen LogP contribution in [0.1, 0.15) is 30.1 Å². The van der Waals surface area contributed by atoms with Crippen LogP contribution in [0.4, 0.5) is 0 Å². The quantitative estimate of drug-likeness (QED) is 0.794. The SMILES string of the molecule is CCCCNC(=O)Cn1cc(C(=O)O)c2ccccc21. The molecular formula is C15H18N2O3. The molecule has 0 spiro atoms. The van der Waals surface area contributed by atoms with Crippen molar-refractivity contribution in [1.82, 2.24) is 9.88 Å². The normalized spacial score (nSPS) is 10.7. The van der Waals surface area contributed by atoms with Crippen molar-refractivity contribution < 1.29 is 14.7 Å². The van der Waals surface area contributed by atoms with Crippen LogP contribution in [0.15, 0.2) is 30.5 Å². The number of carbonyl (C=O) groups excluding carboxylic acids is 1. The van der Waals surface area contributed by atoms with Gasteiger partial charge in [-0.3, -0.25) is 4.79 Å². The van der Waals surface area contributed by atoms with Gasteiger partial charge < -0.3 is 15.0 Å². The lowest BCUT2D eigenvalue weighted by atomic mass is 10.2. The predicted molar refractivity (Wildman–Crippen MR) is 76.8 cm³/mol. The first-order valence-corrected chi connectivity index (χ1v) is 6.71. The summed E-state index contributed by atoms with van der Waals surface area (Å²) in [4.78, 5) is 23.0. The van der Waals surface area contributed by atoms with Crippen LogP contribution in [0.2, 0.25) is 0 Å². The Bertz CT molecular complexity index is 631. The summed E-state index contributed by atoms with van der Waals surface area (Å²) in [6, 6.07) is 7.20. The second kappa shape index (κ2) is 6.23. The van der Waals surface area contributed by atoms with Crippen molar-refractivity contribution in [2.24, 2.45) is 0 Å². The largest absolute Gasteiger partial charge is 0.478 e. The maximum atomic E-state index is 11.8. The van der Waals surface area contributed by atoms with Crippen molar-refractivity contribution in [2.45, 2.75) is 26.3 Å². The van der Waals surface area contributed by atoms with Gasteiger partial charge in [0.15, 0.2) is 0 Å². The van der Waals surface area contributed by atoms with Gasteiger partial charge in [-0.1, -0.05) is 31.5 Å². The van der Waals surface area contributed by atoms with Crippen LogP contribution >= 0.6 is 0 Å². The molecule has 20 heavy (non-hydrogen) atoms. The molecule has 0 aliphatic heterocycles. The number of unbranched alkanes of at least 4 members (excludes halogenated alkanes) is 1. The van der Waals surface area contributed by atoms with Crippen molar-refractivity contribution in [3.8, 4) is 0 Å². The molecule has 2 N–H and O–H groups in total. The average molecular weight is 274 g/mol. The molecule has 2 rings (SSSR count). The summed E-state index contributed by atoms with van der Waals surface area (Å²) in [6.45, 7) is 2.85. The fourth-order valence-electron chi connectivity index (χ4n) is 2.16. The highest BCUT2D eigenvalue weighted by molar-refractivity contribution is 6.03. The maximum Gasteiger partial charge on any atom is 0.337 e. The number of rotatable bonds is 6. The molecule has 0 atom stereocenters. The number of para-hydroxylation sites is 1. The number of carboxylic acid groups (broad SMARTS) is 1. The van der Waals surface area contributed by atoms with E-state index < -0.39 is 5.97 Å². The summed E-state index contributed by atoms with van der Waals surface area (Å²) in [7, 11) is 0. The summed E-state index contributed by atoms with van der Waals surface area (Å²) >= 11 is 0. The van der Waals surface area contributed by atoms with Crippen LogP contribution in [0.3, 0.4) is 0 Å². The highest BCUT2D eigenvalue weighted by Crippen LogP contribution is 2.21. The molecule has 0 saturated carbocycles. The molecule has 0 unspecified atom stereocenters. The van der Waals surface area contributed by atoms with E-state index in [9.17, 15) is 14.7 Å². The molecule has 106 valence electrons. The molecule has 5 nitrogen and oxygen atoms in total. The van der Waals surface area contributed by atoms with Crippen molar-refractivity contribution in [3.63, 3.8) is 0 Å². The zero-order valence-corrected chi connectivity index (χ0v) is 11.4. The number of nitrogens with one attached hydrogen (secondary N) is 1. The number of fused-ring (bicyclic) bond motifs is 1. The van der Waals surface area contributed by atoms with Crippen molar-refractivity contribution >= 4 is 22.8 Å². The maximum absolute atomic E-state index is 11.8. The number of benzene rings is 1. The summed E-state index contributed by atoms with van der Waals surface area (Å²) in [5.41, 5.74) is 0.984. The number of nitrogens with zero attached hydrogens (tertiary/aromatic N) is 1. The number of aromatic nitrogens is 1. The smallest absolute Gasteiger partial charge is 0.337 e. The van der Waals surface area contributed by atoms with Gasteiger partial charge in [0.2, 0.25) is 5.91 Å². The molecule has 0 aliphatic carbocycles. The molecule has 1 amide bonds. The van der Waals surface area contributed by atoms with Gasteiger partial charge in [0, 0.05) is 23.6 Å². The fourth-order valence-corrected chi connectivity index (χ4v) is 2.16. The zero-order valence-electron chi connectivity index (χ0n) is 11.4. The van der Waals surface area contributed by atoms with Gasteiger partial charge in [0.05, 0.1) is 5.56 Å². The number of carbonyl (C=O) groups is 2. The number of aromatic carboxylic acids is 1. The lowest BCUT2D eigenvalue weighted by Gasteiger charge is -2.06. The summed E-state index contributed by atoms with van der Waals surface area (Å²) in [5, 5.41) is 12.7. The molecule has 0 fully saturated rings. The molecule has 0 aliphatic rings. The van der Waals surface area contributed by atoms with E-state index in [2.05, 4.69) is 12.2 Å². The molecule has 2 aromatic rings. The molecule has 1 aromatic heterocycles. The van der Waals surface area contributed by atoms with E-state index in [1.807, 2.05) is 12.1 Å². The number of hydrogen-bond donors (Lipinski definition) is 2. The fraction of sp³-hybridized carbons (Fsp3) is 0.333. The Morgan fingerprint density at radius 1 is 1.30 bits per heavy atom. The van der Waals surface area contributed by atoms with E-state index in [0.29, 0.717) is 11.9 Å². The average Bonchev–Trinajstić information content (AvgIpc) is 2.78. The Morgan fingerprint density at radius 3 is 2.75 bits per heavy atom. The van der Waals surface area contributed by atoms with E-state index >= 15 is 0 Å². The Morgan fingerprint density at radius 2 is 2.05 bits per heavy atom. The second-order valence-corrected chi connectivity index (χ2v) is 4.70. The topological polar surface area (TPSA) is 71.3 Å². The Hall–Kier alpha value is -2.30. The van der Waals surface area contributed by atoms with Gasteiger partial charge in [-0.2, -0.15) is 0 Å². The van der Waals surface area contributed by atoms with E-state index in [0.717, 1.165) is 18.4 Å². The van der Waals surface area contributed by atoms with Crippen molar-refractivity contribution in [3.05, 3.63) is 36.0 Å². The highest BCUT2D eigenvalue weighted by Gasteiger charge is 2.14. The number of hydrogen-bond acceptors (Lipinski definition) is 2. The van der Waals surface area contributed by atoms with Crippen molar-refractivity contribution in [2.75, 3.05) is 6.54 Å². The Kier molecular flexibility index (Phi) is 4.40. The van der Waals surface area contributed by atoms with Crippen LogP contribution in [0, 0.1) is 0 Å². The second-order valence-electron chi connectivity index (χ2n) is 4.70. The van der Waals surface area contributed by atoms with Crippen molar-refractivity contribution in [1.29, 1.82) is 0 Å². The minimum atomic E-state index is -0.980. The monoisotopic (exact) mass is 274 g/mol. The summed E-state index contributed by atoms with van der Waals surface area (Å²) in [5.74, 6) is -1.08. The first kappa shape index (κ1) is 14.1. The van der Waals surface area contributed by atoms with Crippen LogP contribution in [-0.2, 0) is 11.3 Å². The third-order valence-corrected chi connectivity index (χ3v) is 3.19. The third-order valence-electron chi connectivity index (χ3n) is 3.19. The lowest BCUT2D eigenvalue weighted by molar-refractivity contribution is -0.121. The minimum Gasteiger partial charge on any atom is -0.478 e. The lowest BCUT2D eigenvalue weighted by Crippen LogP contribution is -2.28. The minimum absolute atomic E-state index is 0.101. The summed E-state index contributed by atoms with van der Waals surface area (Å²) < 4.78 is 1.68. The molecular weight excluding hydrogens is 256 g/mol. The first-order valence-electron chi connectivity index (χ1n) is 6.71. The van der Waals surface area contributed by atoms with E-state index in [1.54, 1.807) is 16.7 Å². The highest BCUT2D eigenvalue weighted by atomic mass is 16.4. The molecule has 5 heteroatoms. The van der Waals surface area contributed by atoms with Crippen LogP contribution in [-0.4, -0.2) is 28.1 Å².